The fourth-order valence-electron chi connectivity index (χ4n) is 4.38. The molecule has 0 fully saturated rings. The number of hydrogen-bond donors (Lipinski definition) is 1. The molecule has 0 bridgehead atoms. The predicted octanol–water partition coefficient (Wildman–Crippen LogP) is 7.25. The van der Waals surface area contributed by atoms with Gasteiger partial charge in [-0.15, -0.1) is 11.3 Å². The number of esters is 1. The first-order chi connectivity index (χ1) is 16.4. The van der Waals surface area contributed by atoms with Crippen molar-refractivity contribution in [2.45, 2.75) is 47.1 Å². The van der Waals surface area contributed by atoms with Crippen LogP contribution < -0.4 is 5.32 Å². The van der Waals surface area contributed by atoms with Crippen LogP contribution in [0.4, 0.5) is 5.00 Å². The number of para-hydroxylation sites is 1. The normalized spacial score (nSPS) is 11.2. The Morgan fingerprint density at radius 1 is 1.06 bits per heavy atom. The van der Waals surface area contributed by atoms with Gasteiger partial charge in [0.05, 0.1) is 6.61 Å². The minimum absolute atomic E-state index is 0.232. The molecule has 5 nitrogen and oxygen atoms in total. The Morgan fingerprint density at radius 2 is 1.76 bits per heavy atom. The highest BCUT2D eigenvalue weighted by molar-refractivity contribution is 7.15. The van der Waals surface area contributed by atoms with Crippen molar-refractivity contribution in [2.75, 3.05) is 11.9 Å². The Bertz CT molecular complexity index is 1350. The SMILES string of the molecule is CCOC(=O)c1c(-c2ccc(C(C)C)cc2)csc1NC(=O)c1c(C)c2ccccc2n1CC. The van der Waals surface area contributed by atoms with Gasteiger partial charge in [-0.3, -0.25) is 4.79 Å². The van der Waals surface area contributed by atoms with Crippen LogP contribution in [0.2, 0.25) is 0 Å². The zero-order chi connectivity index (χ0) is 24.4. The number of carbonyl (C=O) groups excluding carboxylic acids is 2. The van der Waals surface area contributed by atoms with E-state index in [9.17, 15) is 9.59 Å². The Labute approximate surface area is 204 Å². The number of anilines is 1. The van der Waals surface area contributed by atoms with Crippen LogP contribution in [-0.4, -0.2) is 23.1 Å². The average molecular weight is 475 g/mol. The van der Waals surface area contributed by atoms with E-state index in [0.29, 0.717) is 28.7 Å². The number of amides is 1. The molecule has 0 unspecified atom stereocenters. The van der Waals surface area contributed by atoms with Gasteiger partial charge >= 0.3 is 5.97 Å². The zero-order valence-electron chi connectivity index (χ0n) is 20.3. The molecule has 0 aliphatic carbocycles. The molecule has 2 heterocycles. The molecule has 0 aliphatic heterocycles. The van der Waals surface area contributed by atoms with E-state index in [0.717, 1.165) is 27.6 Å². The maximum absolute atomic E-state index is 13.5. The van der Waals surface area contributed by atoms with Gasteiger partial charge in [0.25, 0.3) is 5.91 Å². The lowest BCUT2D eigenvalue weighted by molar-refractivity contribution is 0.0529. The molecule has 0 radical (unpaired) electrons. The molecule has 6 heteroatoms. The number of benzene rings is 2. The van der Waals surface area contributed by atoms with Gasteiger partial charge in [0, 0.05) is 28.4 Å². The fraction of sp³-hybridized carbons (Fsp3) is 0.286. The lowest BCUT2D eigenvalue weighted by Gasteiger charge is -2.12. The second-order valence-electron chi connectivity index (χ2n) is 8.54. The van der Waals surface area contributed by atoms with E-state index in [-0.39, 0.29) is 12.5 Å². The molecule has 0 atom stereocenters. The second kappa shape index (κ2) is 9.85. The number of hydrogen-bond acceptors (Lipinski definition) is 4. The van der Waals surface area contributed by atoms with Crippen molar-refractivity contribution < 1.29 is 14.3 Å². The standard InChI is InChI=1S/C28H30N2O3S/c1-6-30-23-11-9-8-10-21(23)18(5)25(30)26(31)29-27-24(28(32)33-7-2)22(16-34-27)20-14-12-19(13-15-20)17(3)4/h8-17H,6-7H2,1-5H3,(H,29,31). The monoisotopic (exact) mass is 474 g/mol. The molecular weight excluding hydrogens is 444 g/mol. The average Bonchev–Trinajstić information content (AvgIpc) is 3.38. The Kier molecular flexibility index (Phi) is 6.89. The van der Waals surface area contributed by atoms with Crippen LogP contribution in [0.25, 0.3) is 22.0 Å². The van der Waals surface area contributed by atoms with Crippen LogP contribution in [0.5, 0.6) is 0 Å². The van der Waals surface area contributed by atoms with Crippen molar-refractivity contribution in [2.24, 2.45) is 0 Å². The van der Waals surface area contributed by atoms with Crippen molar-refractivity contribution >= 4 is 39.1 Å². The van der Waals surface area contributed by atoms with Crippen LogP contribution >= 0.6 is 11.3 Å². The first-order valence-corrected chi connectivity index (χ1v) is 12.5. The highest BCUT2D eigenvalue weighted by Gasteiger charge is 2.25. The van der Waals surface area contributed by atoms with E-state index < -0.39 is 5.97 Å². The first-order valence-electron chi connectivity index (χ1n) is 11.6. The molecule has 1 amide bonds. The molecule has 0 saturated carbocycles. The van der Waals surface area contributed by atoms with E-state index in [1.165, 1.54) is 16.9 Å². The highest BCUT2D eigenvalue weighted by Crippen LogP contribution is 2.37. The summed E-state index contributed by atoms with van der Waals surface area (Å²) in [5.74, 6) is -0.246. The molecule has 4 aromatic rings. The maximum atomic E-state index is 13.5. The topological polar surface area (TPSA) is 60.3 Å². The summed E-state index contributed by atoms with van der Waals surface area (Å²) < 4.78 is 7.38. The molecule has 2 aromatic heterocycles. The predicted molar refractivity (Wildman–Crippen MR) is 140 cm³/mol. The van der Waals surface area contributed by atoms with Crippen LogP contribution in [0.1, 0.15) is 65.6 Å². The summed E-state index contributed by atoms with van der Waals surface area (Å²) >= 11 is 1.34. The van der Waals surface area contributed by atoms with Gasteiger partial charge in [0.1, 0.15) is 16.3 Å². The van der Waals surface area contributed by atoms with Crippen LogP contribution in [0, 0.1) is 6.92 Å². The van der Waals surface area contributed by atoms with Crippen molar-refractivity contribution in [1.82, 2.24) is 4.57 Å². The summed E-state index contributed by atoms with van der Waals surface area (Å²) in [6.45, 7) is 11.0. The molecule has 2 aromatic carbocycles. The zero-order valence-corrected chi connectivity index (χ0v) is 21.1. The number of rotatable bonds is 7. The molecule has 176 valence electrons. The second-order valence-corrected chi connectivity index (χ2v) is 9.42. The summed E-state index contributed by atoms with van der Waals surface area (Å²) in [5, 5.41) is 6.48. The van der Waals surface area contributed by atoms with E-state index in [4.69, 9.17) is 4.74 Å². The van der Waals surface area contributed by atoms with Gasteiger partial charge in [-0.05, 0) is 49.4 Å². The summed E-state index contributed by atoms with van der Waals surface area (Å²) in [5.41, 5.74) is 5.87. The van der Waals surface area contributed by atoms with Gasteiger partial charge < -0.3 is 14.6 Å². The minimum atomic E-state index is -0.435. The maximum Gasteiger partial charge on any atom is 0.341 e. The van der Waals surface area contributed by atoms with E-state index in [2.05, 4.69) is 31.3 Å². The molecular formula is C28H30N2O3S. The van der Waals surface area contributed by atoms with Gasteiger partial charge in [0.15, 0.2) is 0 Å². The van der Waals surface area contributed by atoms with E-state index >= 15 is 0 Å². The van der Waals surface area contributed by atoms with Crippen molar-refractivity contribution in [1.29, 1.82) is 0 Å². The van der Waals surface area contributed by atoms with Crippen LogP contribution in [0.3, 0.4) is 0 Å². The van der Waals surface area contributed by atoms with E-state index in [1.807, 2.05) is 60.2 Å². The number of nitrogens with zero attached hydrogens (tertiary/aromatic N) is 1. The van der Waals surface area contributed by atoms with Gasteiger partial charge in [0.2, 0.25) is 0 Å². The van der Waals surface area contributed by atoms with Crippen molar-refractivity contribution in [3.8, 4) is 11.1 Å². The Hall–Kier alpha value is -3.38. The largest absolute Gasteiger partial charge is 0.462 e. The number of carbonyl (C=O) groups is 2. The molecule has 0 spiro atoms. The highest BCUT2D eigenvalue weighted by atomic mass is 32.1. The quantitative estimate of drug-likeness (QED) is 0.287. The van der Waals surface area contributed by atoms with E-state index in [1.54, 1.807) is 6.92 Å². The van der Waals surface area contributed by atoms with Crippen molar-refractivity contribution in [3.05, 3.63) is 76.3 Å². The third-order valence-corrected chi connectivity index (χ3v) is 7.04. The molecule has 34 heavy (non-hydrogen) atoms. The van der Waals surface area contributed by atoms with Gasteiger partial charge in [-0.25, -0.2) is 4.79 Å². The Balaban J connectivity index is 1.75. The lowest BCUT2D eigenvalue weighted by atomic mass is 9.98. The lowest BCUT2D eigenvalue weighted by Crippen LogP contribution is -2.19. The number of ether oxygens (including phenoxy) is 1. The number of fused-ring (bicyclic) bond motifs is 1. The molecule has 0 aliphatic rings. The van der Waals surface area contributed by atoms with Gasteiger partial charge in [-0.2, -0.15) is 0 Å². The summed E-state index contributed by atoms with van der Waals surface area (Å²) in [6.07, 6.45) is 0. The summed E-state index contributed by atoms with van der Waals surface area (Å²) in [6, 6.07) is 16.2. The third-order valence-electron chi connectivity index (χ3n) is 6.14. The summed E-state index contributed by atoms with van der Waals surface area (Å²) in [7, 11) is 0. The number of thiophene rings is 1. The third kappa shape index (κ3) is 4.26. The molecule has 0 saturated heterocycles. The minimum Gasteiger partial charge on any atom is -0.462 e. The van der Waals surface area contributed by atoms with Crippen molar-refractivity contribution in [3.63, 3.8) is 0 Å². The summed E-state index contributed by atoms with van der Waals surface area (Å²) in [4.78, 5) is 26.5. The fourth-order valence-corrected chi connectivity index (χ4v) is 5.33. The number of aromatic nitrogens is 1. The van der Waals surface area contributed by atoms with Gasteiger partial charge in [-0.1, -0.05) is 56.3 Å². The molecule has 1 N–H and O–H groups in total. The van der Waals surface area contributed by atoms with Crippen LogP contribution in [0.15, 0.2) is 53.9 Å². The number of nitrogens with one attached hydrogen (secondary N) is 1. The first kappa shape index (κ1) is 23.8. The van der Waals surface area contributed by atoms with Crippen LogP contribution in [-0.2, 0) is 11.3 Å². The Morgan fingerprint density at radius 3 is 2.41 bits per heavy atom. The smallest absolute Gasteiger partial charge is 0.341 e. The number of aryl methyl sites for hydroxylation is 2. The molecule has 4 rings (SSSR count).